The molecule has 0 saturated carbocycles. The topological polar surface area (TPSA) is 79.3 Å². The number of anilines is 2. The molecule has 17 heavy (non-hydrogen) atoms. The first kappa shape index (κ1) is 11.6. The first-order valence-corrected chi connectivity index (χ1v) is 6.24. The number of hydrogen-bond acceptors (Lipinski definition) is 4. The lowest BCUT2D eigenvalue weighted by Gasteiger charge is -2.06. The number of nitrogens with one attached hydrogen (secondary N) is 1. The molecule has 5 nitrogen and oxygen atoms in total. The van der Waals surface area contributed by atoms with Crippen molar-refractivity contribution in [3.05, 3.63) is 48.8 Å². The summed E-state index contributed by atoms with van der Waals surface area (Å²) in [5.41, 5.74) is 1.36. The zero-order chi connectivity index (χ0) is 12.3. The third-order valence-electron chi connectivity index (χ3n) is 2.10. The van der Waals surface area contributed by atoms with E-state index in [2.05, 4.69) is 10.3 Å². The van der Waals surface area contributed by atoms with Crippen LogP contribution >= 0.6 is 0 Å². The highest BCUT2D eigenvalue weighted by Crippen LogP contribution is 2.19. The Morgan fingerprint density at radius 1 is 1.06 bits per heavy atom. The van der Waals surface area contributed by atoms with E-state index in [-0.39, 0.29) is 4.90 Å². The predicted molar refractivity (Wildman–Crippen MR) is 63.8 cm³/mol. The SMILES string of the molecule is O=S(=O)(O)c1cccc(Nc2ccncc2)c1. The first-order valence-electron chi connectivity index (χ1n) is 4.80. The molecule has 0 atom stereocenters. The molecule has 2 N–H and O–H groups in total. The van der Waals surface area contributed by atoms with Gasteiger partial charge in [-0.05, 0) is 30.3 Å². The number of nitrogens with zero attached hydrogens (tertiary/aromatic N) is 1. The minimum Gasteiger partial charge on any atom is -0.355 e. The zero-order valence-electron chi connectivity index (χ0n) is 8.74. The summed E-state index contributed by atoms with van der Waals surface area (Å²) in [6.45, 7) is 0. The summed E-state index contributed by atoms with van der Waals surface area (Å²) in [5, 5.41) is 3.00. The summed E-state index contributed by atoms with van der Waals surface area (Å²) < 4.78 is 30.8. The Kier molecular flexibility index (Phi) is 3.08. The van der Waals surface area contributed by atoms with Crippen molar-refractivity contribution in [1.29, 1.82) is 0 Å². The molecule has 2 rings (SSSR count). The van der Waals surface area contributed by atoms with E-state index in [9.17, 15) is 8.42 Å². The maximum Gasteiger partial charge on any atom is 0.294 e. The summed E-state index contributed by atoms with van der Waals surface area (Å²) in [6.07, 6.45) is 3.24. The van der Waals surface area contributed by atoms with E-state index in [4.69, 9.17) is 4.55 Å². The molecule has 0 amide bonds. The van der Waals surface area contributed by atoms with Crippen LogP contribution in [0.15, 0.2) is 53.7 Å². The molecule has 88 valence electrons. The Morgan fingerprint density at radius 3 is 2.41 bits per heavy atom. The second-order valence-electron chi connectivity index (χ2n) is 3.36. The fraction of sp³-hybridized carbons (Fsp3) is 0. The monoisotopic (exact) mass is 250 g/mol. The van der Waals surface area contributed by atoms with Crippen LogP contribution in [0.5, 0.6) is 0 Å². The van der Waals surface area contributed by atoms with E-state index < -0.39 is 10.1 Å². The number of pyridine rings is 1. The number of benzene rings is 1. The summed E-state index contributed by atoms with van der Waals surface area (Å²) in [4.78, 5) is 3.73. The molecule has 1 aromatic carbocycles. The lowest BCUT2D eigenvalue weighted by Crippen LogP contribution is -1.99. The van der Waals surface area contributed by atoms with Gasteiger partial charge in [0.05, 0.1) is 4.90 Å². The van der Waals surface area contributed by atoms with Crippen molar-refractivity contribution in [3.8, 4) is 0 Å². The van der Waals surface area contributed by atoms with Gasteiger partial charge in [0.1, 0.15) is 0 Å². The van der Waals surface area contributed by atoms with Gasteiger partial charge in [-0.15, -0.1) is 0 Å². The van der Waals surface area contributed by atoms with Crippen molar-refractivity contribution in [2.45, 2.75) is 4.90 Å². The van der Waals surface area contributed by atoms with Gasteiger partial charge in [-0.25, -0.2) is 0 Å². The fourth-order valence-electron chi connectivity index (χ4n) is 1.34. The summed E-state index contributed by atoms with van der Waals surface area (Å²) in [6, 6.07) is 9.44. The van der Waals surface area contributed by atoms with Gasteiger partial charge in [-0.3, -0.25) is 9.54 Å². The van der Waals surface area contributed by atoms with E-state index in [0.717, 1.165) is 5.69 Å². The zero-order valence-corrected chi connectivity index (χ0v) is 9.55. The van der Waals surface area contributed by atoms with Gasteiger partial charge >= 0.3 is 0 Å². The Labute approximate surface area is 98.9 Å². The van der Waals surface area contributed by atoms with Gasteiger partial charge < -0.3 is 5.32 Å². The standard InChI is InChI=1S/C11H10N2O3S/c14-17(15,16)11-3-1-2-10(8-11)13-9-4-6-12-7-5-9/h1-8H,(H,12,13)(H,14,15,16). The van der Waals surface area contributed by atoms with Crippen molar-refractivity contribution >= 4 is 21.5 Å². The Balaban J connectivity index is 2.29. The summed E-state index contributed by atoms with van der Waals surface area (Å²) >= 11 is 0. The third-order valence-corrected chi connectivity index (χ3v) is 2.95. The van der Waals surface area contributed by atoms with Crippen LogP contribution < -0.4 is 5.32 Å². The molecule has 6 heteroatoms. The van der Waals surface area contributed by atoms with Crippen LogP contribution in [-0.2, 0) is 10.1 Å². The maximum atomic E-state index is 11.0. The average Bonchev–Trinajstić information content (AvgIpc) is 2.29. The molecule has 0 unspecified atom stereocenters. The maximum absolute atomic E-state index is 11.0. The minimum absolute atomic E-state index is 0.142. The molecule has 0 aliphatic heterocycles. The Bertz CT molecular complexity index is 612. The molecule has 0 aliphatic rings. The highest BCUT2D eigenvalue weighted by Gasteiger charge is 2.09. The normalized spacial score (nSPS) is 11.1. The van der Waals surface area contributed by atoms with E-state index in [1.165, 1.54) is 12.1 Å². The Morgan fingerprint density at radius 2 is 1.76 bits per heavy atom. The summed E-state index contributed by atoms with van der Waals surface area (Å²) in [5.74, 6) is 0. The molecule has 1 aromatic heterocycles. The van der Waals surface area contributed by atoms with Gasteiger partial charge in [0, 0.05) is 23.8 Å². The van der Waals surface area contributed by atoms with Gasteiger partial charge in [0.25, 0.3) is 10.1 Å². The third kappa shape index (κ3) is 3.02. The molecular weight excluding hydrogens is 240 g/mol. The fourth-order valence-corrected chi connectivity index (χ4v) is 1.86. The van der Waals surface area contributed by atoms with Crippen LogP contribution in [0.25, 0.3) is 0 Å². The van der Waals surface area contributed by atoms with Crippen LogP contribution in [0.3, 0.4) is 0 Å². The Hall–Kier alpha value is -1.92. The molecule has 2 aromatic rings. The largest absolute Gasteiger partial charge is 0.355 e. The molecule has 0 fully saturated rings. The lowest BCUT2D eigenvalue weighted by atomic mass is 10.3. The molecule has 1 heterocycles. The van der Waals surface area contributed by atoms with Crippen molar-refractivity contribution < 1.29 is 13.0 Å². The van der Waals surface area contributed by atoms with Crippen LogP contribution in [0.1, 0.15) is 0 Å². The number of aromatic nitrogens is 1. The molecule has 0 saturated heterocycles. The van der Waals surface area contributed by atoms with Crippen molar-refractivity contribution in [2.24, 2.45) is 0 Å². The smallest absolute Gasteiger partial charge is 0.294 e. The predicted octanol–water partition coefficient (Wildman–Crippen LogP) is 2.07. The number of hydrogen-bond donors (Lipinski definition) is 2. The van der Waals surface area contributed by atoms with Crippen LogP contribution in [0.4, 0.5) is 11.4 Å². The van der Waals surface area contributed by atoms with Crippen LogP contribution in [0, 0.1) is 0 Å². The molecule has 0 spiro atoms. The van der Waals surface area contributed by atoms with Gasteiger partial charge in [0.2, 0.25) is 0 Å². The van der Waals surface area contributed by atoms with Gasteiger partial charge in [-0.2, -0.15) is 8.42 Å². The first-order chi connectivity index (χ1) is 8.05. The van der Waals surface area contributed by atoms with Crippen LogP contribution in [0.2, 0.25) is 0 Å². The lowest BCUT2D eigenvalue weighted by molar-refractivity contribution is 0.483. The van der Waals surface area contributed by atoms with E-state index in [0.29, 0.717) is 5.69 Å². The quantitative estimate of drug-likeness (QED) is 0.815. The molecule has 0 aliphatic carbocycles. The van der Waals surface area contributed by atoms with E-state index >= 15 is 0 Å². The minimum atomic E-state index is -4.17. The van der Waals surface area contributed by atoms with E-state index in [1.807, 2.05) is 0 Å². The second-order valence-corrected chi connectivity index (χ2v) is 4.79. The highest BCUT2D eigenvalue weighted by atomic mass is 32.2. The molecule has 0 bridgehead atoms. The average molecular weight is 250 g/mol. The van der Waals surface area contributed by atoms with Crippen molar-refractivity contribution in [1.82, 2.24) is 4.98 Å². The van der Waals surface area contributed by atoms with Gasteiger partial charge in [0.15, 0.2) is 0 Å². The highest BCUT2D eigenvalue weighted by molar-refractivity contribution is 7.85. The van der Waals surface area contributed by atoms with Crippen molar-refractivity contribution in [3.63, 3.8) is 0 Å². The molecule has 0 radical (unpaired) electrons. The summed E-state index contributed by atoms with van der Waals surface area (Å²) in [7, 11) is -4.17. The van der Waals surface area contributed by atoms with E-state index in [1.54, 1.807) is 36.7 Å². The second kappa shape index (κ2) is 4.52. The van der Waals surface area contributed by atoms with Crippen molar-refractivity contribution in [2.75, 3.05) is 5.32 Å². The number of rotatable bonds is 3. The van der Waals surface area contributed by atoms with Crippen LogP contribution in [-0.4, -0.2) is 18.0 Å². The van der Waals surface area contributed by atoms with Gasteiger partial charge in [-0.1, -0.05) is 6.07 Å². The molecular formula is C11H10N2O3S.